The zero-order valence-corrected chi connectivity index (χ0v) is 16.6. The molecule has 122 valence electrons. The van der Waals surface area contributed by atoms with Crippen LogP contribution in [0.25, 0.3) is 0 Å². The molecule has 1 heterocycles. The maximum absolute atomic E-state index is 12.1. The van der Waals surface area contributed by atoms with Gasteiger partial charge in [0.15, 0.2) is 0 Å². The highest BCUT2D eigenvalue weighted by Gasteiger charge is 2.51. The highest BCUT2D eigenvalue weighted by Crippen LogP contribution is 2.44. The van der Waals surface area contributed by atoms with E-state index in [9.17, 15) is 4.79 Å². The topological polar surface area (TPSA) is 29.5 Å². The van der Waals surface area contributed by atoms with Gasteiger partial charge in [0.2, 0.25) is 13.4 Å². The summed E-state index contributed by atoms with van der Waals surface area (Å²) in [5.41, 5.74) is 3.09. The molecule has 0 aliphatic carbocycles. The zero-order chi connectivity index (χ0) is 16.9. The van der Waals surface area contributed by atoms with Crippen molar-refractivity contribution >= 4 is 43.8 Å². The van der Waals surface area contributed by atoms with Crippen molar-refractivity contribution in [2.45, 2.75) is 50.5 Å². The van der Waals surface area contributed by atoms with Crippen molar-refractivity contribution in [3.8, 4) is 5.75 Å². The molecule has 1 aliphatic rings. The van der Waals surface area contributed by atoms with Crippen molar-refractivity contribution in [1.29, 1.82) is 0 Å². The van der Waals surface area contributed by atoms with E-state index < -0.39 is 13.4 Å². The molecule has 1 aliphatic heterocycles. The van der Waals surface area contributed by atoms with Crippen LogP contribution in [0.3, 0.4) is 0 Å². The van der Waals surface area contributed by atoms with Crippen LogP contribution in [-0.4, -0.2) is 25.8 Å². The third-order valence-corrected chi connectivity index (χ3v) is 5.02. The van der Waals surface area contributed by atoms with Crippen molar-refractivity contribution in [1.82, 2.24) is 0 Å². The number of hydrogen-bond donors (Lipinski definition) is 0. The van der Waals surface area contributed by atoms with Gasteiger partial charge in [0.1, 0.15) is 5.75 Å². The minimum atomic E-state index is -1.31. The lowest BCUT2D eigenvalue weighted by Crippen LogP contribution is -2.60. The molecule has 1 saturated heterocycles. The van der Waals surface area contributed by atoms with Crippen LogP contribution in [0.15, 0.2) is 12.1 Å². The Morgan fingerprint density at radius 3 is 2.27 bits per heavy atom. The molecule has 0 aromatic heterocycles. The summed E-state index contributed by atoms with van der Waals surface area (Å²) in [6.45, 7) is 13.1. The third kappa shape index (κ3) is 3.14. The van der Waals surface area contributed by atoms with E-state index in [0.717, 1.165) is 17.0 Å². The molecule has 1 amide bonds. The maximum Gasteiger partial charge on any atom is 0.265 e. The Bertz CT molecular complexity index is 609. The quantitative estimate of drug-likeness (QED) is 0.460. The van der Waals surface area contributed by atoms with Crippen LogP contribution < -0.4 is 9.33 Å². The monoisotopic (exact) mass is 359 g/mol. The van der Waals surface area contributed by atoms with Crippen molar-refractivity contribution in [2.75, 3.05) is 11.4 Å². The summed E-state index contributed by atoms with van der Waals surface area (Å²) in [5.74, 6) is 0.514. The molecule has 0 saturated carbocycles. The second-order valence-electron chi connectivity index (χ2n) is 7.10. The van der Waals surface area contributed by atoms with Crippen LogP contribution in [0.4, 0.5) is 5.69 Å². The van der Waals surface area contributed by atoms with Gasteiger partial charge >= 0.3 is 0 Å². The average Bonchev–Trinajstić information content (AvgIpc) is 2.36. The van der Waals surface area contributed by atoms with Crippen molar-refractivity contribution in [3.05, 3.63) is 23.3 Å². The SMILES string of the molecule is Cc1c(C(C)(C)C)ccc(N2CC(Cl)(Cl)C2=O)c1O[SiH](C)C. The van der Waals surface area contributed by atoms with Crippen LogP contribution >= 0.6 is 23.2 Å². The first kappa shape index (κ1) is 17.6. The highest BCUT2D eigenvalue weighted by molar-refractivity contribution is 6.62. The lowest BCUT2D eigenvalue weighted by molar-refractivity contribution is -0.122. The first-order valence-electron chi connectivity index (χ1n) is 7.45. The lowest BCUT2D eigenvalue weighted by atomic mass is 9.83. The van der Waals surface area contributed by atoms with E-state index in [-0.39, 0.29) is 11.3 Å². The summed E-state index contributed by atoms with van der Waals surface area (Å²) < 4.78 is 4.84. The van der Waals surface area contributed by atoms with E-state index >= 15 is 0 Å². The number of carbonyl (C=O) groups excluding carboxylic acids is 1. The number of anilines is 1. The van der Waals surface area contributed by atoms with Gasteiger partial charge in [0.25, 0.3) is 5.91 Å². The maximum atomic E-state index is 12.1. The van der Waals surface area contributed by atoms with E-state index in [1.165, 1.54) is 5.56 Å². The summed E-state index contributed by atoms with van der Waals surface area (Å²) in [5, 5.41) is 0. The zero-order valence-electron chi connectivity index (χ0n) is 14.0. The molecule has 0 spiro atoms. The molecule has 3 nitrogen and oxygen atoms in total. The number of halogens is 2. The predicted octanol–water partition coefficient (Wildman–Crippen LogP) is 4.18. The largest absolute Gasteiger partial charge is 0.545 e. The van der Waals surface area contributed by atoms with E-state index in [0.29, 0.717) is 6.54 Å². The summed E-state index contributed by atoms with van der Waals surface area (Å²) in [6.07, 6.45) is 0. The van der Waals surface area contributed by atoms with Gasteiger partial charge in [-0.1, -0.05) is 50.0 Å². The van der Waals surface area contributed by atoms with Crippen LogP contribution in [0.1, 0.15) is 31.9 Å². The Balaban J connectivity index is 2.51. The van der Waals surface area contributed by atoms with Gasteiger partial charge in [-0.15, -0.1) is 0 Å². The van der Waals surface area contributed by atoms with Crippen molar-refractivity contribution in [2.24, 2.45) is 0 Å². The smallest absolute Gasteiger partial charge is 0.265 e. The molecule has 0 radical (unpaired) electrons. The molecule has 6 heteroatoms. The number of alkyl halides is 2. The molecule has 0 bridgehead atoms. The Morgan fingerprint density at radius 1 is 1.27 bits per heavy atom. The molecule has 1 aromatic carbocycles. The number of β-lactam (4-membered cyclic amide) rings is 1. The number of benzene rings is 1. The van der Waals surface area contributed by atoms with E-state index in [1.54, 1.807) is 4.90 Å². The van der Waals surface area contributed by atoms with Gasteiger partial charge in [-0.05, 0) is 42.6 Å². The fraction of sp³-hybridized carbons (Fsp3) is 0.562. The number of hydrogen-bond acceptors (Lipinski definition) is 2. The number of amides is 1. The van der Waals surface area contributed by atoms with Gasteiger partial charge < -0.3 is 9.33 Å². The lowest BCUT2D eigenvalue weighted by Gasteiger charge is -2.42. The summed E-state index contributed by atoms with van der Waals surface area (Å²) in [4.78, 5) is 13.7. The molecule has 2 rings (SSSR count). The first-order valence-corrected chi connectivity index (χ1v) is 11.0. The highest BCUT2D eigenvalue weighted by atomic mass is 35.5. The van der Waals surface area contributed by atoms with E-state index in [1.807, 2.05) is 6.07 Å². The van der Waals surface area contributed by atoms with Gasteiger partial charge in [-0.3, -0.25) is 4.79 Å². The van der Waals surface area contributed by atoms with Crippen LogP contribution in [-0.2, 0) is 10.2 Å². The third-order valence-electron chi connectivity index (χ3n) is 3.75. The number of rotatable bonds is 3. The minimum absolute atomic E-state index is 0.0148. The molecule has 1 aromatic rings. The fourth-order valence-electron chi connectivity index (χ4n) is 2.73. The van der Waals surface area contributed by atoms with Gasteiger partial charge in [-0.2, -0.15) is 0 Å². The van der Waals surface area contributed by atoms with Gasteiger partial charge in [0.05, 0.1) is 12.2 Å². The summed E-state index contributed by atoms with van der Waals surface area (Å²) in [6, 6.07) is 4.01. The molecular formula is C16H23Cl2NO2Si. The standard InChI is InChI=1S/C16H23Cl2NO2Si/c1-10-11(15(2,3)4)7-8-12(13(10)21-22(5)6)19-9-16(17,18)14(19)20/h7-8,22H,9H2,1-6H3. The number of carbonyl (C=O) groups is 1. The molecule has 22 heavy (non-hydrogen) atoms. The number of nitrogens with zero attached hydrogens (tertiary/aromatic N) is 1. The van der Waals surface area contributed by atoms with Crippen LogP contribution in [0, 0.1) is 6.92 Å². The predicted molar refractivity (Wildman–Crippen MR) is 96.2 cm³/mol. The van der Waals surface area contributed by atoms with Gasteiger partial charge in [0, 0.05) is 0 Å². The first-order chi connectivity index (χ1) is 9.95. The Morgan fingerprint density at radius 2 is 1.86 bits per heavy atom. The van der Waals surface area contributed by atoms with E-state index in [2.05, 4.69) is 46.9 Å². The second-order valence-corrected chi connectivity index (χ2v) is 10.9. The fourth-order valence-corrected chi connectivity index (χ4v) is 3.94. The molecule has 0 N–H and O–H groups in total. The average molecular weight is 360 g/mol. The Hall–Kier alpha value is -0.713. The molecule has 0 unspecified atom stereocenters. The normalized spacial score (nSPS) is 17.7. The van der Waals surface area contributed by atoms with Crippen LogP contribution in [0.5, 0.6) is 5.75 Å². The Labute approximate surface area is 144 Å². The van der Waals surface area contributed by atoms with Crippen molar-refractivity contribution in [3.63, 3.8) is 0 Å². The molecular weight excluding hydrogens is 337 g/mol. The van der Waals surface area contributed by atoms with Gasteiger partial charge in [-0.25, -0.2) is 0 Å². The Kier molecular flexibility index (Phi) is 4.59. The minimum Gasteiger partial charge on any atom is -0.545 e. The van der Waals surface area contributed by atoms with Crippen LogP contribution in [0.2, 0.25) is 13.1 Å². The second kappa shape index (κ2) is 5.73. The molecule has 1 fully saturated rings. The summed E-state index contributed by atoms with van der Waals surface area (Å²) in [7, 11) is -1.31. The molecule has 0 atom stereocenters. The van der Waals surface area contributed by atoms with E-state index in [4.69, 9.17) is 27.6 Å². The summed E-state index contributed by atoms with van der Waals surface area (Å²) >= 11 is 11.9. The van der Waals surface area contributed by atoms with Crippen molar-refractivity contribution < 1.29 is 9.22 Å².